The van der Waals surface area contributed by atoms with Gasteiger partial charge in [-0.25, -0.2) is 0 Å². The molecule has 1 atom stereocenters. The largest absolute Gasteiger partial charge is 0.497 e. The molecule has 0 bridgehead atoms. The number of nitrogens with one attached hydrogen (secondary N) is 1. The highest BCUT2D eigenvalue weighted by Gasteiger charge is 2.14. The molecular weight excluding hydrogens is 236 g/mol. The molecule has 1 aliphatic heterocycles. The van der Waals surface area contributed by atoms with Crippen molar-refractivity contribution in [1.29, 1.82) is 0 Å². The van der Waals surface area contributed by atoms with Crippen LogP contribution in [0.3, 0.4) is 0 Å². The normalized spacial score (nSPS) is 19.0. The second-order valence-corrected chi connectivity index (χ2v) is 5.49. The summed E-state index contributed by atoms with van der Waals surface area (Å²) < 4.78 is 5.25. The van der Waals surface area contributed by atoms with E-state index in [-0.39, 0.29) is 0 Å². The Bertz CT molecular complexity index is 375. The fourth-order valence-electron chi connectivity index (χ4n) is 2.64. The molecule has 1 heterocycles. The predicted molar refractivity (Wildman–Crippen MR) is 79.8 cm³/mol. The Morgan fingerprint density at radius 2 is 2.26 bits per heavy atom. The SMILES string of the molecule is COc1cccc(CCN(C)CCC2CCCN2)c1. The Labute approximate surface area is 116 Å². The van der Waals surface area contributed by atoms with Crippen LogP contribution in [0.25, 0.3) is 0 Å². The smallest absolute Gasteiger partial charge is 0.119 e. The molecule has 19 heavy (non-hydrogen) atoms. The molecule has 0 spiro atoms. The van der Waals surface area contributed by atoms with Gasteiger partial charge in [-0.3, -0.25) is 0 Å². The van der Waals surface area contributed by atoms with E-state index < -0.39 is 0 Å². The summed E-state index contributed by atoms with van der Waals surface area (Å²) in [7, 11) is 3.94. The molecule has 1 N–H and O–H groups in total. The first-order valence-corrected chi connectivity index (χ1v) is 7.33. The minimum Gasteiger partial charge on any atom is -0.497 e. The highest BCUT2D eigenvalue weighted by Crippen LogP contribution is 2.13. The highest BCUT2D eigenvalue weighted by atomic mass is 16.5. The van der Waals surface area contributed by atoms with Gasteiger partial charge < -0.3 is 15.0 Å². The van der Waals surface area contributed by atoms with E-state index in [4.69, 9.17) is 4.74 Å². The number of likely N-dealkylation sites (N-methyl/N-ethyl adjacent to an activating group) is 1. The Morgan fingerprint density at radius 1 is 1.37 bits per heavy atom. The van der Waals surface area contributed by atoms with Gasteiger partial charge in [0.05, 0.1) is 7.11 Å². The molecule has 3 nitrogen and oxygen atoms in total. The Morgan fingerprint density at radius 3 is 3.00 bits per heavy atom. The van der Waals surface area contributed by atoms with Gasteiger partial charge in [-0.2, -0.15) is 0 Å². The lowest BCUT2D eigenvalue weighted by Crippen LogP contribution is -2.29. The first-order valence-electron chi connectivity index (χ1n) is 7.33. The Kier molecular flexibility index (Phi) is 5.67. The minimum atomic E-state index is 0.749. The van der Waals surface area contributed by atoms with Crippen LogP contribution >= 0.6 is 0 Å². The molecule has 1 unspecified atom stereocenters. The molecule has 1 saturated heterocycles. The minimum absolute atomic E-state index is 0.749. The molecule has 1 aromatic rings. The highest BCUT2D eigenvalue weighted by molar-refractivity contribution is 5.28. The quantitative estimate of drug-likeness (QED) is 0.816. The predicted octanol–water partition coefficient (Wildman–Crippen LogP) is 2.31. The van der Waals surface area contributed by atoms with Crippen LogP contribution in [0.4, 0.5) is 0 Å². The van der Waals surface area contributed by atoms with Crippen molar-refractivity contribution in [3.63, 3.8) is 0 Å². The van der Waals surface area contributed by atoms with Crippen LogP contribution in [0.1, 0.15) is 24.8 Å². The van der Waals surface area contributed by atoms with Crippen LogP contribution in [0, 0.1) is 0 Å². The van der Waals surface area contributed by atoms with Crippen molar-refractivity contribution in [3.05, 3.63) is 29.8 Å². The van der Waals surface area contributed by atoms with Crippen molar-refractivity contribution >= 4 is 0 Å². The first-order chi connectivity index (χ1) is 9.28. The molecule has 1 fully saturated rings. The van der Waals surface area contributed by atoms with E-state index in [1.165, 1.54) is 37.9 Å². The van der Waals surface area contributed by atoms with Gasteiger partial charge in [0, 0.05) is 12.6 Å². The van der Waals surface area contributed by atoms with E-state index in [0.29, 0.717) is 0 Å². The van der Waals surface area contributed by atoms with Crippen LogP contribution in [-0.4, -0.2) is 44.7 Å². The van der Waals surface area contributed by atoms with E-state index in [9.17, 15) is 0 Å². The summed E-state index contributed by atoms with van der Waals surface area (Å²) in [4.78, 5) is 2.43. The average molecular weight is 262 g/mol. The van der Waals surface area contributed by atoms with Gasteiger partial charge in [0.1, 0.15) is 5.75 Å². The molecule has 0 saturated carbocycles. The number of methoxy groups -OCH3 is 1. The lowest BCUT2D eigenvalue weighted by molar-refractivity contribution is 0.316. The fraction of sp³-hybridized carbons (Fsp3) is 0.625. The maximum atomic E-state index is 5.25. The van der Waals surface area contributed by atoms with Crippen LogP contribution in [0.5, 0.6) is 5.75 Å². The lowest BCUT2D eigenvalue weighted by Gasteiger charge is -2.19. The van der Waals surface area contributed by atoms with E-state index in [2.05, 4.69) is 35.5 Å². The van der Waals surface area contributed by atoms with Gasteiger partial charge in [0.25, 0.3) is 0 Å². The maximum Gasteiger partial charge on any atom is 0.119 e. The number of hydrogen-bond donors (Lipinski definition) is 1. The summed E-state index contributed by atoms with van der Waals surface area (Å²) in [5.74, 6) is 0.954. The number of ether oxygens (including phenoxy) is 1. The van der Waals surface area contributed by atoms with Crippen LogP contribution < -0.4 is 10.1 Å². The summed E-state index contributed by atoms with van der Waals surface area (Å²) in [5.41, 5.74) is 1.35. The molecule has 1 aromatic carbocycles. The number of rotatable bonds is 7. The second kappa shape index (κ2) is 7.51. The molecule has 2 rings (SSSR count). The van der Waals surface area contributed by atoms with E-state index in [1.54, 1.807) is 7.11 Å². The van der Waals surface area contributed by atoms with Gasteiger partial charge >= 0.3 is 0 Å². The summed E-state index contributed by atoms with van der Waals surface area (Å²) in [6.45, 7) is 3.50. The van der Waals surface area contributed by atoms with Crippen molar-refractivity contribution < 1.29 is 4.74 Å². The molecule has 1 aliphatic rings. The molecule has 3 heteroatoms. The lowest BCUT2D eigenvalue weighted by atomic mass is 10.1. The van der Waals surface area contributed by atoms with Crippen LogP contribution in [0.15, 0.2) is 24.3 Å². The Hall–Kier alpha value is -1.06. The molecule has 106 valence electrons. The van der Waals surface area contributed by atoms with Crippen molar-refractivity contribution in [3.8, 4) is 5.75 Å². The van der Waals surface area contributed by atoms with Crippen molar-refractivity contribution in [2.45, 2.75) is 31.7 Å². The monoisotopic (exact) mass is 262 g/mol. The van der Waals surface area contributed by atoms with Crippen molar-refractivity contribution in [2.75, 3.05) is 33.8 Å². The van der Waals surface area contributed by atoms with Gasteiger partial charge in [-0.05, 0) is 63.5 Å². The van der Waals surface area contributed by atoms with E-state index >= 15 is 0 Å². The summed E-state index contributed by atoms with van der Waals surface area (Å²) in [6, 6.07) is 9.12. The third-order valence-corrected chi connectivity index (χ3v) is 3.94. The van der Waals surface area contributed by atoms with Gasteiger partial charge in [-0.1, -0.05) is 12.1 Å². The molecule has 0 aromatic heterocycles. The van der Waals surface area contributed by atoms with Gasteiger partial charge in [-0.15, -0.1) is 0 Å². The fourth-order valence-corrected chi connectivity index (χ4v) is 2.64. The number of nitrogens with zero attached hydrogens (tertiary/aromatic N) is 1. The average Bonchev–Trinajstić information content (AvgIpc) is 2.96. The van der Waals surface area contributed by atoms with Crippen LogP contribution in [0.2, 0.25) is 0 Å². The molecular formula is C16H26N2O. The summed E-state index contributed by atoms with van der Waals surface area (Å²) >= 11 is 0. The van der Waals surface area contributed by atoms with Gasteiger partial charge in [0.2, 0.25) is 0 Å². The summed E-state index contributed by atoms with van der Waals surface area (Å²) in [5, 5.41) is 3.56. The Balaban J connectivity index is 1.68. The van der Waals surface area contributed by atoms with Crippen LogP contribution in [-0.2, 0) is 6.42 Å². The number of benzene rings is 1. The van der Waals surface area contributed by atoms with Crippen molar-refractivity contribution in [1.82, 2.24) is 10.2 Å². The standard InChI is InChI=1S/C16H26N2O/c1-18(12-9-15-6-4-10-17-15)11-8-14-5-3-7-16(13-14)19-2/h3,5,7,13,15,17H,4,6,8-12H2,1-2H3. The third-order valence-electron chi connectivity index (χ3n) is 3.94. The number of hydrogen-bond acceptors (Lipinski definition) is 3. The zero-order valence-electron chi connectivity index (χ0n) is 12.2. The van der Waals surface area contributed by atoms with Gasteiger partial charge in [0.15, 0.2) is 0 Å². The first kappa shape index (κ1) is 14.4. The summed E-state index contributed by atoms with van der Waals surface area (Å²) in [6.07, 6.45) is 5.06. The zero-order valence-corrected chi connectivity index (χ0v) is 12.2. The third kappa shape index (κ3) is 4.84. The zero-order chi connectivity index (χ0) is 13.5. The maximum absolute atomic E-state index is 5.25. The molecule has 0 aliphatic carbocycles. The van der Waals surface area contributed by atoms with E-state index in [1.807, 2.05) is 6.07 Å². The van der Waals surface area contributed by atoms with E-state index in [0.717, 1.165) is 24.8 Å². The van der Waals surface area contributed by atoms with Crippen molar-refractivity contribution in [2.24, 2.45) is 0 Å². The second-order valence-electron chi connectivity index (χ2n) is 5.49. The molecule has 0 radical (unpaired) electrons. The topological polar surface area (TPSA) is 24.5 Å². The molecule has 0 amide bonds.